The van der Waals surface area contributed by atoms with Crippen LogP contribution in [0.4, 0.5) is 0 Å². The van der Waals surface area contributed by atoms with Gasteiger partial charge in [0.15, 0.2) is 6.61 Å². The zero-order valence-electron chi connectivity index (χ0n) is 16.6. The van der Waals surface area contributed by atoms with Crippen LogP contribution in [-0.4, -0.2) is 33.8 Å². The van der Waals surface area contributed by atoms with E-state index in [1.54, 1.807) is 6.08 Å². The summed E-state index contributed by atoms with van der Waals surface area (Å²) in [5.74, 6) is -1.08. The van der Waals surface area contributed by atoms with Gasteiger partial charge in [-0.1, -0.05) is 18.2 Å². The normalized spacial score (nSPS) is 15.2. The van der Waals surface area contributed by atoms with Gasteiger partial charge in [0.25, 0.3) is 5.91 Å². The summed E-state index contributed by atoms with van der Waals surface area (Å²) in [5, 5.41) is 16.5. The number of nitrogens with zero attached hydrogens (tertiary/aromatic N) is 3. The molecule has 1 N–H and O–H groups in total. The van der Waals surface area contributed by atoms with Gasteiger partial charge in [-0.3, -0.25) is 4.79 Å². The molecule has 0 bridgehead atoms. The maximum atomic E-state index is 12.0. The topological polar surface area (TPSA) is 97.0 Å². The number of ether oxygens (including phenoxy) is 1. The number of carbonyl (C=O) groups excluding carboxylic acids is 2. The van der Waals surface area contributed by atoms with Crippen LogP contribution in [0.3, 0.4) is 0 Å². The first-order chi connectivity index (χ1) is 13.9. The number of nitriles is 1. The minimum atomic E-state index is -0.820. The molecule has 0 radical (unpaired) electrons. The van der Waals surface area contributed by atoms with E-state index in [-0.39, 0.29) is 0 Å². The van der Waals surface area contributed by atoms with Crippen molar-refractivity contribution in [2.75, 3.05) is 6.61 Å². The van der Waals surface area contributed by atoms with Crippen molar-refractivity contribution in [3.8, 4) is 11.8 Å². The fourth-order valence-corrected chi connectivity index (χ4v) is 3.60. The highest BCUT2D eigenvalue weighted by Crippen LogP contribution is 2.28. The molecule has 0 aliphatic heterocycles. The number of benzene rings is 1. The molecule has 0 spiro atoms. The van der Waals surface area contributed by atoms with E-state index in [1.165, 1.54) is 6.08 Å². The van der Waals surface area contributed by atoms with Crippen LogP contribution in [0.25, 0.3) is 11.8 Å². The van der Waals surface area contributed by atoms with Crippen molar-refractivity contribution < 1.29 is 14.3 Å². The average molecular weight is 392 g/mol. The molecule has 1 amide bonds. The highest BCUT2D eigenvalue weighted by atomic mass is 16.5. The Bertz CT molecular complexity index is 964. The minimum Gasteiger partial charge on any atom is -0.452 e. The lowest BCUT2D eigenvalue weighted by Gasteiger charge is -2.21. The Kier molecular flexibility index (Phi) is 6.13. The second-order valence-electron chi connectivity index (χ2n) is 7.22. The van der Waals surface area contributed by atoms with E-state index >= 15 is 0 Å². The molecule has 0 unspecified atom stereocenters. The zero-order valence-corrected chi connectivity index (χ0v) is 16.6. The van der Waals surface area contributed by atoms with Gasteiger partial charge in [0.05, 0.1) is 17.5 Å². The van der Waals surface area contributed by atoms with E-state index in [4.69, 9.17) is 4.74 Å². The summed E-state index contributed by atoms with van der Waals surface area (Å²) in [5.41, 5.74) is 2.62. The molecule has 1 saturated carbocycles. The van der Waals surface area contributed by atoms with Crippen molar-refractivity contribution in [2.45, 2.75) is 45.1 Å². The number of aromatic nitrogens is 2. The Morgan fingerprint density at radius 1 is 1.28 bits per heavy atom. The molecule has 0 saturated heterocycles. The first-order valence-electron chi connectivity index (χ1n) is 9.63. The summed E-state index contributed by atoms with van der Waals surface area (Å²) in [6.45, 7) is 3.38. The van der Waals surface area contributed by atoms with Crippen molar-refractivity contribution in [1.82, 2.24) is 15.1 Å². The molecule has 0 atom stereocenters. The molecule has 1 fully saturated rings. The number of hydrogen-bond donors (Lipinski definition) is 1. The van der Waals surface area contributed by atoms with Crippen LogP contribution in [-0.2, 0) is 14.3 Å². The number of hydrogen-bond acceptors (Lipinski definition) is 5. The average Bonchev–Trinajstić information content (AvgIpc) is 3.30. The van der Waals surface area contributed by atoms with E-state index in [2.05, 4.69) is 16.5 Å². The lowest BCUT2D eigenvalue weighted by Crippen LogP contribution is -2.46. The SMILES string of the molecule is Cc1nn(-c2ccccc2)c(C)c1/C=C/C(=O)OCC(=O)NC1(C#N)CCCC1. The first kappa shape index (κ1) is 20.3. The summed E-state index contributed by atoms with van der Waals surface area (Å²) < 4.78 is 6.84. The van der Waals surface area contributed by atoms with Crippen LogP contribution in [0.15, 0.2) is 36.4 Å². The van der Waals surface area contributed by atoms with E-state index in [0.717, 1.165) is 35.5 Å². The third kappa shape index (κ3) is 4.72. The van der Waals surface area contributed by atoms with Gasteiger partial charge in [-0.15, -0.1) is 0 Å². The smallest absolute Gasteiger partial charge is 0.331 e. The second kappa shape index (κ2) is 8.74. The molecule has 1 aliphatic carbocycles. The Morgan fingerprint density at radius 2 is 1.97 bits per heavy atom. The van der Waals surface area contributed by atoms with Crippen molar-refractivity contribution >= 4 is 18.0 Å². The van der Waals surface area contributed by atoms with E-state index in [0.29, 0.717) is 12.8 Å². The van der Waals surface area contributed by atoms with Crippen LogP contribution in [0.2, 0.25) is 0 Å². The van der Waals surface area contributed by atoms with Crippen LogP contribution in [0.1, 0.15) is 42.6 Å². The summed E-state index contributed by atoms with van der Waals surface area (Å²) in [4.78, 5) is 24.1. The number of esters is 1. The summed E-state index contributed by atoms with van der Waals surface area (Å²) >= 11 is 0. The van der Waals surface area contributed by atoms with Crippen molar-refractivity contribution in [2.24, 2.45) is 0 Å². The maximum Gasteiger partial charge on any atom is 0.331 e. The number of nitrogens with one attached hydrogen (secondary N) is 1. The number of para-hydroxylation sites is 1. The van der Waals surface area contributed by atoms with E-state index in [9.17, 15) is 14.9 Å². The minimum absolute atomic E-state index is 0.409. The van der Waals surface area contributed by atoms with Gasteiger partial charge in [0.2, 0.25) is 0 Å². The van der Waals surface area contributed by atoms with E-state index in [1.807, 2.05) is 48.9 Å². The standard InChI is InChI=1S/C22H24N4O3/c1-16-19(17(2)26(25-16)18-8-4-3-5-9-18)10-11-21(28)29-14-20(27)24-22(15-23)12-6-7-13-22/h3-5,8-11H,6-7,12-14H2,1-2H3,(H,24,27)/b11-10+. The van der Waals surface area contributed by atoms with Crippen molar-refractivity contribution in [1.29, 1.82) is 5.26 Å². The first-order valence-corrected chi connectivity index (χ1v) is 9.63. The number of aryl methyl sites for hydroxylation is 1. The molecule has 1 aromatic heterocycles. The predicted molar refractivity (Wildman–Crippen MR) is 108 cm³/mol. The van der Waals surface area contributed by atoms with Gasteiger partial charge >= 0.3 is 5.97 Å². The van der Waals surface area contributed by atoms with E-state index < -0.39 is 24.0 Å². The summed E-state index contributed by atoms with van der Waals surface area (Å²) in [6.07, 6.45) is 6.01. The molecule has 2 aromatic rings. The molecule has 1 aliphatic rings. The van der Waals surface area contributed by atoms with Gasteiger partial charge in [-0.2, -0.15) is 10.4 Å². The Labute approximate surface area is 170 Å². The van der Waals surface area contributed by atoms with Gasteiger partial charge in [-0.05, 0) is 57.7 Å². The van der Waals surface area contributed by atoms with Gasteiger partial charge < -0.3 is 10.1 Å². The molecule has 150 valence electrons. The highest BCUT2D eigenvalue weighted by Gasteiger charge is 2.35. The zero-order chi connectivity index (χ0) is 20.9. The number of carbonyl (C=O) groups is 2. The van der Waals surface area contributed by atoms with Gasteiger partial charge in [0, 0.05) is 17.3 Å². The fraction of sp³-hybridized carbons (Fsp3) is 0.364. The van der Waals surface area contributed by atoms with Crippen LogP contribution in [0.5, 0.6) is 0 Å². The molecular weight excluding hydrogens is 368 g/mol. The van der Waals surface area contributed by atoms with Crippen molar-refractivity contribution in [3.63, 3.8) is 0 Å². The Balaban J connectivity index is 1.59. The number of rotatable bonds is 6. The summed E-state index contributed by atoms with van der Waals surface area (Å²) in [6, 6.07) is 11.9. The van der Waals surface area contributed by atoms with Crippen molar-refractivity contribution in [3.05, 3.63) is 53.4 Å². The lowest BCUT2D eigenvalue weighted by molar-refractivity contribution is -0.144. The maximum absolute atomic E-state index is 12.0. The molecule has 1 heterocycles. The Hall–Kier alpha value is -3.40. The molecular formula is C22H24N4O3. The molecule has 7 nitrogen and oxygen atoms in total. The summed E-state index contributed by atoms with van der Waals surface area (Å²) in [7, 11) is 0. The van der Waals surface area contributed by atoms with Crippen LogP contribution in [0, 0.1) is 25.2 Å². The monoisotopic (exact) mass is 392 g/mol. The Morgan fingerprint density at radius 3 is 2.62 bits per heavy atom. The predicted octanol–water partition coefficient (Wildman–Crippen LogP) is 3.00. The lowest BCUT2D eigenvalue weighted by atomic mass is 10.00. The van der Waals surface area contributed by atoms with Crippen LogP contribution >= 0.6 is 0 Å². The molecule has 3 rings (SSSR count). The third-order valence-corrected chi connectivity index (χ3v) is 5.13. The number of amides is 1. The van der Waals surface area contributed by atoms with Gasteiger partial charge in [0.1, 0.15) is 5.54 Å². The highest BCUT2D eigenvalue weighted by molar-refractivity contribution is 5.89. The molecule has 1 aromatic carbocycles. The van der Waals surface area contributed by atoms with Crippen LogP contribution < -0.4 is 5.32 Å². The third-order valence-electron chi connectivity index (χ3n) is 5.13. The molecule has 7 heteroatoms. The fourth-order valence-electron chi connectivity index (χ4n) is 3.60. The molecule has 29 heavy (non-hydrogen) atoms. The van der Waals surface area contributed by atoms with Gasteiger partial charge in [-0.25, -0.2) is 9.48 Å². The quantitative estimate of drug-likeness (QED) is 0.602. The largest absolute Gasteiger partial charge is 0.452 e. The second-order valence-corrected chi connectivity index (χ2v) is 7.22.